The van der Waals surface area contributed by atoms with E-state index in [1.165, 1.54) is 11.6 Å². The maximum Gasteiger partial charge on any atom is 0.292 e. The minimum atomic E-state index is -3.84. The van der Waals surface area contributed by atoms with E-state index in [-0.39, 0.29) is 4.90 Å². The van der Waals surface area contributed by atoms with Crippen LogP contribution in [-0.4, -0.2) is 14.5 Å². The SMILES string of the molecule is O=C=NS(=O)(=O)c1ccc2c(c1)CCCC2. The summed E-state index contributed by atoms with van der Waals surface area (Å²) in [4.78, 5) is 10.1. The van der Waals surface area contributed by atoms with Gasteiger partial charge >= 0.3 is 0 Å². The molecule has 1 aliphatic rings. The number of benzene rings is 1. The third-order valence-electron chi connectivity index (χ3n) is 2.78. The maximum atomic E-state index is 11.5. The summed E-state index contributed by atoms with van der Waals surface area (Å²) in [5.74, 6) is 0. The van der Waals surface area contributed by atoms with Gasteiger partial charge in [0, 0.05) is 0 Å². The Morgan fingerprint density at radius 3 is 2.50 bits per heavy atom. The number of aryl methyl sites for hydroxylation is 2. The van der Waals surface area contributed by atoms with Crippen molar-refractivity contribution in [2.45, 2.75) is 30.6 Å². The summed E-state index contributed by atoms with van der Waals surface area (Å²) in [6.07, 6.45) is 5.18. The normalized spacial score (nSPS) is 15.0. The van der Waals surface area contributed by atoms with Gasteiger partial charge in [0.25, 0.3) is 16.1 Å². The van der Waals surface area contributed by atoms with E-state index >= 15 is 0 Å². The summed E-state index contributed by atoms with van der Waals surface area (Å²) < 4.78 is 25.8. The Morgan fingerprint density at radius 1 is 1.12 bits per heavy atom. The van der Waals surface area contributed by atoms with E-state index in [0.717, 1.165) is 37.3 Å². The van der Waals surface area contributed by atoms with Crippen molar-refractivity contribution in [1.82, 2.24) is 0 Å². The molecule has 2 rings (SSSR count). The number of hydrogen-bond donors (Lipinski definition) is 0. The van der Waals surface area contributed by atoms with Crippen LogP contribution in [0.25, 0.3) is 0 Å². The molecule has 0 N–H and O–H groups in total. The van der Waals surface area contributed by atoms with Gasteiger partial charge in [0.2, 0.25) is 0 Å². The smallest absolute Gasteiger partial charge is 0.210 e. The highest BCUT2D eigenvalue weighted by Gasteiger charge is 2.16. The molecule has 0 unspecified atom stereocenters. The molecule has 5 heteroatoms. The van der Waals surface area contributed by atoms with E-state index < -0.39 is 10.0 Å². The summed E-state index contributed by atoms with van der Waals surface area (Å²) >= 11 is 0. The number of fused-ring (bicyclic) bond motifs is 1. The van der Waals surface area contributed by atoms with Crippen molar-refractivity contribution in [3.63, 3.8) is 0 Å². The molecule has 0 amide bonds. The first-order chi connectivity index (χ1) is 7.63. The summed E-state index contributed by atoms with van der Waals surface area (Å²) in [5.41, 5.74) is 2.24. The number of sulfonamides is 1. The zero-order chi connectivity index (χ0) is 11.6. The highest BCUT2D eigenvalue weighted by Crippen LogP contribution is 2.24. The van der Waals surface area contributed by atoms with Gasteiger partial charge in [-0.25, -0.2) is 4.79 Å². The summed E-state index contributed by atoms with van der Waals surface area (Å²) in [7, 11) is -3.84. The van der Waals surface area contributed by atoms with Crippen LogP contribution in [0.5, 0.6) is 0 Å². The van der Waals surface area contributed by atoms with Crippen LogP contribution in [0, 0.1) is 0 Å². The van der Waals surface area contributed by atoms with E-state index in [1.807, 2.05) is 6.07 Å². The molecule has 1 aliphatic carbocycles. The molecule has 0 saturated heterocycles. The molecule has 0 saturated carbocycles. The van der Waals surface area contributed by atoms with Crippen molar-refractivity contribution in [2.75, 3.05) is 0 Å². The lowest BCUT2D eigenvalue weighted by Gasteiger charge is -2.15. The molecule has 0 aliphatic heterocycles. The van der Waals surface area contributed by atoms with E-state index in [2.05, 4.69) is 4.40 Å². The highest BCUT2D eigenvalue weighted by molar-refractivity contribution is 7.90. The molecule has 0 radical (unpaired) electrons. The van der Waals surface area contributed by atoms with Crippen molar-refractivity contribution in [3.8, 4) is 0 Å². The van der Waals surface area contributed by atoms with Crippen LogP contribution < -0.4 is 0 Å². The Morgan fingerprint density at radius 2 is 1.81 bits per heavy atom. The highest BCUT2D eigenvalue weighted by atomic mass is 32.2. The Labute approximate surface area is 94.1 Å². The number of carbonyl (C=O) groups excluding carboxylic acids is 1. The van der Waals surface area contributed by atoms with Gasteiger partial charge in [-0.2, -0.15) is 8.42 Å². The lowest BCUT2D eigenvalue weighted by Crippen LogP contribution is -2.05. The van der Waals surface area contributed by atoms with Crippen LogP contribution in [0.2, 0.25) is 0 Å². The molecule has 1 aromatic rings. The van der Waals surface area contributed by atoms with Crippen LogP contribution >= 0.6 is 0 Å². The van der Waals surface area contributed by atoms with Crippen LogP contribution in [-0.2, 0) is 27.7 Å². The van der Waals surface area contributed by atoms with E-state index in [1.54, 1.807) is 6.07 Å². The summed E-state index contributed by atoms with van der Waals surface area (Å²) in [6.45, 7) is 0. The molecule has 0 fully saturated rings. The minimum Gasteiger partial charge on any atom is -0.210 e. The van der Waals surface area contributed by atoms with Crippen molar-refractivity contribution in [2.24, 2.45) is 4.40 Å². The van der Waals surface area contributed by atoms with Crippen LogP contribution in [0.1, 0.15) is 24.0 Å². The van der Waals surface area contributed by atoms with E-state index in [0.29, 0.717) is 0 Å². The lowest BCUT2D eigenvalue weighted by molar-refractivity contribution is 0.563. The molecule has 1 aromatic carbocycles. The van der Waals surface area contributed by atoms with Gasteiger partial charge in [-0.3, -0.25) is 0 Å². The second kappa shape index (κ2) is 4.20. The molecule has 84 valence electrons. The van der Waals surface area contributed by atoms with E-state index in [9.17, 15) is 13.2 Å². The summed E-state index contributed by atoms with van der Waals surface area (Å²) in [6, 6.07) is 4.92. The molecule has 0 heterocycles. The number of isocyanates is 1. The number of nitrogens with zero attached hydrogens (tertiary/aromatic N) is 1. The van der Waals surface area contributed by atoms with Crippen molar-refractivity contribution in [3.05, 3.63) is 29.3 Å². The van der Waals surface area contributed by atoms with Crippen LogP contribution in [0.15, 0.2) is 27.5 Å². The van der Waals surface area contributed by atoms with Crippen LogP contribution in [0.3, 0.4) is 0 Å². The van der Waals surface area contributed by atoms with Crippen molar-refractivity contribution >= 4 is 16.1 Å². The average Bonchev–Trinajstić information content (AvgIpc) is 2.28. The van der Waals surface area contributed by atoms with Gasteiger partial charge < -0.3 is 0 Å². The molecule has 0 bridgehead atoms. The molecule has 0 aromatic heterocycles. The molecule has 4 nitrogen and oxygen atoms in total. The first-order valence-corrected chi connectivity index (χ1v) is 6.53. The molecular weight excluding hydrogens is 226 g/mol. The van der Waals surface area contributed by atoms with Gasteiger partial charge in [0.1, 0.15) is 0 Å². The largest absolute Gasteiger partial charge is 0.292 e. The Balaban J connectivity index is 2.49. The van der Waals surface area contributed by atoms with Crippen molar-refractivity contribution in [1.29, 1.82) is 0 Å². The quantitative estimate of drug-likeness (QED) is 0.579. The first-order valence-electron chi connectivity index (χ1n) is 5.09. The molecule has 16 heavy (non-hydrogen) atoms. The fourth-order valence-electron chi connectivity index (χ4n) is 1.97. The number of rotatable bonds is 2. The Kier molecular flexibility index (Phi) is 2.90. The van der Waals surface area contributed by atoms with E-state index in [4.69, 9.17) is 0 Å². The average molecular weight is 237 g/mol. The first kappa shape index (κ1) is 11.0. The van der Waals surface area contributed by atoms with Gasteiger partial charge in [-0.05, 0) is 48.9 Å². The van der Waals surface area contributed by atoms with Gasteiger partial charge in [-0.15, -0.1) is 0 Å². The Bertz CT molecular complexity index is 557. The van der Waals surface area contributed by atoms with Gasteiger partial charge in [-0.1, -0.05) is 10.5 Å². The monoisotopic (exact) mass is 237 g/mol. The second-order valence-electron chi connectivity index (χ2n) is 3.80. The number of hydrogen-bond acceptors (Lipinski definition) is 3. The maximum absolute atomic E-state index is 11.5. The predicted molar refractivity (Wildman–Crippen MR) is 58.4 cm³/mol. The van der Waals surface area contributed by atoms with Crippen molar-refractivity contribution < 1.29 is 13.2 Å². The minimum absolute atomic E-state index is 0.0801. The summed E-state index contributed by atoms with van der Waals surface area (Å²) in [5, 5.41) is 0. The molecular formula is C11H11NO3S. The topological polar surface area (TPSA) is 63.6 Å². The van der Waals surface area contributed by atoms with Gasteiger partial charge in [0.05, 0.1) is 4.90 Å². The fraction of sp³-hybridized carbons (Fsp3) is 0.364. The third kappa shape index (κ3) is 2.05. The molecule has 0 atom stereocenters. The third-order valence-corrected chi connectivity index (χ3v) is 3.94. The zero-order valence-corrected chi connectivity index (χ0v) is 9.46. The fourth-order valence-corrected chi connectivity index (χ4v) is 2.71. The second-order valence-corrected chi connectivity index (χ2v) is 5.40. The predicted octanol–water partition coefficient (Wildman–Crippen LogP) is 1.59. The van der Waals surface area contributed by atoms with Gasteiger partial charge in [0.15, 0.2) is 0 Å². The van der Waals surface area contributed by atoms with Crippen LogP contribution in [0.4, 0.5) is 0 Å². The Hall–Kier alpha value is -1.45. The standard InChI is InChI=1S/C11H11NO3S/c13-8-12-16(14,15)11-6-5-9-3-1-2-4-10(9)7-11/h5-7H,1-4H2. The zero-order valence-electron chi connectivity index (χ0n) is 8.64. The molecule has 0 spiro atoms. The lowest BCUT2D eigenvalue weighted by atomic mass is 9.92.